The molecular formula is C13H23N5O. The average molecular weight is 265 g/mol. The Kier molecular flexibility index (Phi) is 5.35. The van der Waals surface area contributed by atoms with Crippen molar-refractivity contribution in [1.29, 1.82) is 0 Å². The first kappa shape index (κ1) is 14.0. The van der Waals surface area contributed by atoms with E-state index < -0.39 is 0 Å². The summed E-state index contributed by atoms with van der Waals surface area (Å²) < 4.78 is 5.85. The van der Waals surface area contributed by atoms with Gasteiger partial charge in [-0.1, -0.05) is 19.3 Å². The molecule has 0 unspecified atom stereocenters. The highest BCUT2D eigenvalue weighted by atomic mass is 16.5. The van der Waals surface area contributed by atoms with Crippen LogP contribution in [0.25, 0.3) is 0 Å². The first-order chi connectivity index (χ1) is 9.28. The van der Waals surface area contributed by atoms with Crippen LogP contribution in [-0.2, 0) is 4.74 Å². The Morgan fingerprint density at radius 2 is 2.00 bits per heavy atom. The summed E-state index contributed by atoms with van der Waals surface area (Å²) in [6.07, 6.45) is 6.81. The first-order valence-electron chi connectivity index (χ1n) is 6.95. The van der Waals surface area contributed by atoms with E-state index in [1.165, 1.54) is 32.1 Å². The SMILES string of the molecule is Cc1nc(NN)cc(NCCOC2CCCCC2)n1. The Labute approximate surface area is 114 Å². The topological polar surface area (TPSA) is 85.1 Å². The molecule has 1 saturated carbocycles. The minimum atomic E-state index is 0.448. The van der Waals surface area contributed by atoms with Gasteiger partial charge >= 0.3 is 0 Å². The molecule has 4 N–H and O–H groups in total. The summed E-state index contributed by atoms with van der Waals surface area (Å²) in [4.78, 5) is 8.43. The molecule has 19 heavy (non-hydrogen) atoms. The maximum atomic E-state index is 5.85. The number of nitrogen functional groups attached to an aromatic ring is 1. The van der Waals surface area contributed by atoms with Crippen LogP contribution in [0.4, 0.5) is 11.6 Å². The molecule has 1 fully saturated rings. The maximum absolute atomic E-state index is 5.85. The zero-order chi connectivity index (χ0) is 13.5. The molecule has 6 nitrogen and oxygen atoms in total. The molecule has 0 aliphatic heterocycles. The van der Waals surface area contributed by atoms with Crippen LogP contribution in [0, 0.1) is 6.92 Å². The predicted octanol–water partition coefficient (Wildman–Crippen LogP) is 1.83. The second-order valence-corrected chi connectivity index (χ2v) is 4.89. The van der Waals surface area contributed by atoms with Gasteiger partial charge in [0.1, 0.15) is 17.5 Å². The van der Waals surface area contributed by atoms with E-state index in [0.717, 1.165) is 12.4 Å². The summed E-state index contributed by atoms with van der Waals surface area (Å²) in [5.74, 6) is 7.42. The van der Waals surface area contributed by atoms with Crippen molar-refractivity contribution in [3.05, 3.63) is 11.9 Å². The minimum absolute atomic E-state index is 0.448. The smallest absolute Gasteiger partial charge is 0.145 e. The Balaban J connectivity index is 1.71. The molecule has 0 bridgehead atoms. The molecule has 6 heteroatoms. The van der Waals surface area contributed by atoms with Gasteiger partial charge in [-0.05, 0) is 19.8 Å². The van der Waals surface area contributed by atoms with Crippen LogP contribution in [0.15, 0.2) is 6.07 Å². The summed E-state index contributed by atoms with van der Waals surface area (Å²) in [7, 11) is 0. The number of hydrogen-bond donors (Lipinski definition) is 3. The number of hydrogen-bond acceptors (Lipinski definition) is 6. The highest BCUT2D eigenvalue weighted by Gasteiger charge is 2.13. The normalized spacial score (nSPS) is 16.3. The monoisotopic (exact) mass is 265 g/mol. The van der Waals surface area contributed by atoms with E-state index >= 15 is 0 Å². The summed E-state index contributed by atoms with van der Waals surface area (Å²) in [5.41, 5.74) is 2.53. The first-order valence-corrected chi connectivity index (χ1v) is 6.95. The van der Waals surface area contributed by atoms with E-state index in [9.17, 15) is 0 Å². The number of nitrogens with two attached hydrogens (primary N) is 1. The highest BCUT2D eigenvalue weighted by molar-refractivity contribution is 5.46. The van der Waals surface area contributed by atoms with Crippen LogP contribution in [0.2, 0.25) is 0 Å². The van der Waals surface area contributed by atoms with Gasteiger partial charge in [0.2, 0.25) is 0 Å². The molecule has 1 heterocycles. The number of rotatable bonds is 6. The van der Waals surface area contributed by atoms with Gasteiger partial charge in [-0.15, -0.1) is 0 Å². The van der Waals surface area contributed by atoms with Crippen molar-refractivity contribution in [2.45, 2.75) is 45.1 Å². The van der Waals surface area contributed by atoms with E-state index in [1.54, 1.807) is 6.07 Å². The van der Waals surface area contributed by atoms with E-state index in [-0.39, 0.29) is 0 Å². The lowest BCUT2D eigenvalue weighted by Crippen LogP contribution is -2.21. The quantitative estimate of drug-likeness (QED) is 0.413. The molecule has 106 valence electrons. The number of nitrogens with zero attached hydrogens (tertiary/aromatic N) is 2. The van der Waals surface area contributed by atoms with Crippen LogP contribution < -0.4 is 16.6 Å². The van der Waals surface area contributed by atoms with Crippen molar-refractivity contribution >= 4 is 11.6 Å². The summed E-state index contributed by atoms with van der Waals surface area (Å²) >= 11 is 0. The van der Waals surface area contributed by atoms with E-state index in [1.807, 2.05) is 6.92 Å². The van der Waals surface area contributed by atoms with Crippen molar-refractivity contribution in [3.8, 4) is 0 Å². The second-order valence-electron chi connectivity index (χ2n) is 4.89. The van der Waals surface area contributed by atoms with E-state index in [0.29, 0.717) is 24.4 Å². The zero-order valence-electron chi connectivity index (χ0n) is 11.5. The fourth-order valence-electron chi connectivity index (χ4n) is 2.37. The van der Waals surface area contributed by atoms with Crippen LogP contribution >= 0.6 is 0 Å². The van der Waals surface area contributed by atoms with Gasteiger partial charge in [0.25, 0.3) is 0 Å². The number of aromatic nitrogens is 2. The standard InChI is InChI=1S/C13H23N5O/c1-10-16-12(9-13(17-10)18-14)15-7-8-19-11-5-3-2-4-6-11/h9,11H,2-8,14H2,1H3,(H2,15,16,17,18). The van der Waals surface area contributed by atoms with Gasteiger partial charge in [0, 0.05) is 12.6 Å². The third-order valence-corrected chi connectivity index (χ3v) is 3.30. The molecule has 0 radical (unpaired) electrons. The Morgan fingerprint density at radius 1 is 1.26 bits per heavy atom. The summed E-state index contributed by atoms with van der Waals surface area (Å²) in [6.45, 7) is 3.29. The molecule has 1 aliphatic carbocycles. The van der Waals surface area contributed by atoms with Gasteiger partial charge < -0.3 is 15.5 Å². The number of hydrazine groups is 1. The molecule has 1 aliphatic rings. The number of anilines is 2. The lowest BCUT2D eigenvalue weighted by Gasteiger charge is -2.22. The molecule has 0 atom stereocenters. The molecular weight excluding hydrogens is 242 g/mol. The molecule has 2 rings (SSSR count). The zero-order valence-corrected chi connectivity index (χ0v) is 11.5. The van der Waals surface area contributed by atoms with Gasteiger partial charge in [-0.2, -0.15) is 0 Å². The van der Waals surface area contributed by atoms with Gasteiger partial charge in [0.15, 0.2) is 0 Å². The average Bonchev–Trinajstić information content (AvgIpc) is 2.44. The number of nitrogens with one attached hydrogen (secondary N) is 2. The fraction of sp³-hybridized carbons (Fsp3) is 0.692. The largest absolute Gasteiger partial charge is 0.376 e. The lowest BCUT2D eigenvalue weighted by molar-refractivity contribution is 0.0347. The lowest BCUT2D eigenvalue weighted by atomic mass is 9.98. The summed E-state index contributed by atoms with van der Waals surface area (Å²) in [6, 6.07) is 1.79. The van der Waals surface area contributed by atoms with Crippen LogP contribution in [0.5, 0.6) is 0 Å². The van der Waals surface area contributed by atoms with Crippen molar-refractivity contribution < 1.29 is 4.74 Å². The molecule has 0 aromatic carbocycles. The van der Waals surface area contributed by atoms with E-state index in [2.05, 4.69) is 20.7 Å². The van der Waals surface area contributed by atoms with Gasteiger partial charge in [-0.25, -0.2) is 15.8 Å². The molecule has 0 amide bonds. The maximum Gasteiger partial charge on any atom is 0.145 e. The Morgan fingerprint density at radius 3 is 2.74 bits per heavy atom. The van der Waals surface area contributed by atoms with Gasteiger partial charge in [0.05, 0.1) is 12.7 Å². The molecule has 1 aromatic rings. The van der Waals surface area contributed by atoms with Crippen molar-refractivity contribution in [1.82, 2.24) is 9.97 Å². The molecule has 1 aromatic heterocycles. The predicted molar refractivity (Wildman–Crippen MR) is 75.9 cm³/mol. The van der Waals surface area contributed by atoms with E-state index in [4.69, 9.17) is 10.6 Å². The van der Waals surface area contributed by atoms with Crippen LogP contribution in [0.3, 0.4) is 0 Å². The molecule has 0 saturated heterocycles. The highest BCUT2D eigenvalue weighted by Crippen LogP contribution is 2.20. The number of ether oxygens (including phenoxy) is 1. The fourth-order valence-corrected chi connectivity index (χ4v) is 2.37. The second kappa shape index (κ2) is 7.25. The Hall–Kier alpha value is -1.40. The van der Waals surface area contributed by atoms with Crippen LogP contribution in [-0.4, -0.2) is 29.2 Å². The van der Waals surface area contributed by atoms with Gasteiger partial charge in [-0.3, -0.25) is 0 Å². The number of aryl methyl sites for hydroxylation is 1. The molecule has 0 spiro atoms. The van der Waals surface area contributed by atoms with Crippen LogP contribution in [0.1, 0.15) is 37.9 Å². The van der Waals surface area contributed by atoms with Crippen molar-refractivity contribution in [3.63, 3.8) is 0 Å². The Bertz CT molecular complexity index is 393. The van der Waals surface area contributed by atoms with Crippen molar-refractivity contribution in [2.75, 3.05) is 23.9 Å². The summed E-state index contributed by atoms with van der Waals surface area (Å²) in [5, 5.41) is 3.23. The minimum Gasteiger partial charge on any atom is -0.376 e. The third kappa shape index (κ3) is 4.65. The van der Waals surface area contributed by atoms with Crippen molar-refractivity contribution in [2.24, 2.45) is 5.84 Å². The third-order valence-electron chi connectivity index (χ3n) is 3.30.